The first kappa shape index (κ1) is 14.0. The molecule has 0 heterocycles. The summed E-state index contributed by atoms with van der Waals surface area (Å²) in [7, 11) is 0. The van der Waals surface area contributed by atoms with Gasteiger partial charge in [0.1, 0.15) is 12.6 Å². The number of hydrogen-bond donors (Lipinski definition) is 1. The molecule has 0 bridgehead atoms. The van der Waals surface area contributed by atoms with Gasteiger partial charge in [0, 0.05) is 0 Å². The zero-order valence-corrected chi connectivity index (χ0v) is 8.26. The lowest BCUT2D eigenvalue weighted by molar-refractivity contribution is -0.145. The molecule has 0 saturated heterocycles. The fourth-order valence-electron chi connectivity index (χ4n) is 0.509. The second-order valence-electron chi connectivity index (χ2n) is 2.69. The third kappa shape index (κ3) is 5.16. The fraction of sp³-hybridized carbons (Fsp3) is 0.625. The van der Waals surface area contributed by atoms with E-state index in [1.807, 2.05) is 13.8 Å². The molecule has 0 aromatic rings. The Bertz CT molecular complexity index is 148. The highest BCUT2D eigenvalue weighted by Crippen LogP contribution is 1.99. The Kier molecular flexibility index (Phi) is 8.32. The van der Waals surface area contributed by atoms with Gasteiger partial charge < -0.3 is 10.5 Å². The molecule has 0 amide bonds. The molecule has 72 valence electrons. The molecule has 0 fully saturated rings. The molecular formula is C8H16ClNO2. The van der Waals surface area contributed by atoms with Crippen molar-refractivity contribution in [3.8, 4) is 0 Å². The highest BCUT2D eigenvalue weighted by atomic mass is 35.5. The van der Waals surface area contributed by atoms with Crippen LogP contribution in [0.25, 0.3) is 0 Å². The van der Waals surface area contributed by atoms with Crippen LogP contribution in [-0.2, 0) is 9.53 Å². The van der Waals surface area contributed by atoms with E-state index in [1.165, 1.54) is 6.08 Å². The highest BCUT2D eigenvalue weighted by Gasteiger charge is 2.17. The van der Waals surface area contributed by atoms with Crippen molar-refractivity contribution >= 4 is 18.4 Å². The minimum absolute atomic E-state index is 0. The van der Waals surface area contributed by atoms with E-state index in [0.717, 1.165) is 0 Å². The van der Waals surface area contributed by atoms with E-state index in [4.69, 9.17) is 10.5 Å². The van der Waals surface area contributed by atoms with Gasteiger partial charge in [0.15, 0.2) is 0 Å². The molecule has 12 heavy (non-hydrogen) atoms. The maximum atomic E-state index is 10.9. The maximum Gasteiger partial charge on any atom is 0.323 e. The largest absolute Gasteiger partial charge is 0.460 e. The number of nitrogens with two attached hydrogens (primary N) is 1. The number of halogens is 1. The van der Waals surface area contributed by atoms with Crippen LogP contribution in [0.1, 0.15) is 13.8 Å². The molecular weight excluding hydrogens is 178 g/mol. The molecule has 0 spiro atoms. The Morgan fingerprint density at radius 3 is 2.50 bits per heavy atom. The quantitative estimate of drug-likeness (QED) is 0.538. The van der Waals surface area contributed by atoms with Crippen LogP contribution in [-0.4, -0.2) is 18.6 Å². The Hall–Kier alpha value is -0.540. The number of rotatable bonds is 4. The summed E-state index contributed by atoms with van der Waals surface area (Å²) < 4.78 is 4.73. The van der Waals surface area contributed by atoms with Crippen LogP contribution in [0, 0.1) is 5.92 Å². The molecule has 0 saturated carbocycles. The minimum atomic E-state index is -0.519. The molecule has 0 radical (unpaired) electrons. The van der Waals surface area contributed by atoms with E-state index < -0.39 is 6.04 Å². The van der Waals surface area contributed by atoms with Gasteiger partial charge in [-0.05, 0) is 5.92 Å². The topological polar surface area (TPSA) is 52.3 Å². The molecule has 1 atom stereocenters. The molecule has 0 aromatic carbocycles. The monoisotopic (exact) mass is 193 g/mol. The van der Waals surface area contributed by atoms with Gasteiger partial charge in [-0.1, -0.05) is 26.5 Å². The first-order valence-electron chi connectivity index (χ1n) is 3.62. The summed E-state index contributed by atoms with van der Waals surface area (Å²) in [6, 6.07) is -0.519. The van der Waals surface area contributed by atoms with Crippen molar-refractivity contribution in [2.75, 3.05) is 6.61 Å². The van der Waals surface area contributed by atoms with Crippen molar-refractivity contribution in [3.63, 3.8) is 0 Å². The molecule has 0 aliphatic carbocycles. The van der Waals surface area contributed by atoms with Crippen LogP contribution in [0.15, 0.2) is 12.7 Å². The second kappa shape index (κ2) is 7.13. The summed E-state index contributed by atoms with van der Waals surface area (Å²) in [5, 5.41) is 0. The van der Waals surface area contributed by atoms with Gasteiger partial charge in [0.05, 0.1) is 0 Å². The van der Waals surface area contributed by atoms with Crippen molar-refractivity contribution in [3.05, 3.63) is 12.7 Å². The standard InChI is InChI=1S/C8H15NO2.ClH/c1-4-5-11-8(10)7(9)6(2)3;/h4,6-7H,1,5,9H2,2-3H3;1H/t7-;/m0./s1. The first-order valence-corrected chi connectivity index (χ1v) is 3.62. The van der Waals surface area contributed by atoms with Gasteiger partial charge in [-0.25, -0.2) is 0 Å². The van der Waals surface area contributed by atoms with Gasteiger partial charge in [0.25, 0.3) is 0 Å². The molecule has 0 aliphatic rings. The minimum Gasteiger partial charge on any atom is -0.460 e. The summed E-state index contributed by atoms with van der Waals surface area (Å²) in [6.07, 6.45) is 1.52. The second-order valence-corrected chi connectivity index (χ2v) is 2.69. The van der Waals surface area contributed by atoms with Crippen LogP contribution in [0.3, 0.4) is 0 Å². The summed E-state index contributed by atoms with van der Waals surface area (Å²) in [6.45, 7) is 7.40. The van der Waals surface area contributed by atoms with E-state index in [2.05, 4.69) is 6.58 Å². The average Bonchev–Trinajstić information content (AvgIpc) is 1.98. The van der Waals surface area contributed by atoms with E-state index in [9.17, 15) is 4.79 Å². The predicted octanol–water partition coefficient (Wildman–Crippen LogP) is 1.12. The average molecular weight is 194 g/mol. The van der Waals surface area contributed by atoms with Crippen molar-refractivity contribution in [1.82, 2.24) is 0 Å². The number of carbonyl (C=O) groups excluding carboxylic acids is 1. The smallest absolute Gasteiger partial charge is 0.323 e. The number of carbonyl (C=O) groups is 1. The molecule has 2 N–H and O–H groups in total. The van der Waals surface area contributed by atoms with Gasteiger partial charge in [-0.2, -0.15) is 0 Å². The number of esters is 1. The molecule has 0 aliphatic heterocycles. The zero-order valence-electron chi connectivity index (χ0n) is 7.45. The van der Waals surface area contributed by atoms with Crippen molar-refractivity contribution in [2.24, 2.45) is 11.7 Å². The SMILES string of the molecule is C=CCOC(=O)[C@@H](N)C(C)C.Cl. The van der Waals surface area contributed by atoms with Gasteiger partial charge in [-0.15, -0.1) is 12.4 Å². The molecule has 0 rings (SSSR count). The Morgan fingerprint density at radius 1 is 1.67 bits per heavy atom. The normalized spacial score (nSPS) is 11.7. The lowest BCUT2D eigenvalue weighted by Gasteiger charge is -2.13. The summed E-state index contributed by atoms with van der Waals surface area (Å²) in [5.41, 5.74) is 5.49. The van der Waals surface area contributed by atoms with Crippen LogP contribution >= 0.6 is 12.4 Å². The van der Waals surface area contributed by atoms with Crippen LogP contribution < -0.4 is 5.73 Å². The van der Waals surface area contributed by atoms with Crippen molar-refractivity contribution in [1.29, 1.82) is 0 Å². The third-order valence-electron chi connectivity index (χ3n) is 1.33. The van der Waals surface area contributed by atoms with Crippen LogP contribution in [0.2, 0.25) is 0 Å². The van der Waals surface area contributed by atoms with Gasteiger partial charge in [0.2, 0.25) is 0 Å². The van der Waals surface area contributed by atoms with Gasteiger partial charge in [-0.3, -0.25) is 4.79 Å². The molecule has 0 aromatic heterocycles. The van der Waals surface area contributed by atoms with E-state index >= 15 is 0 Å². The number of hydrogen-bond acceptors (Lipinski definition) is 3. The Morgan fingerprint density at radius 2 is 2.17 bits per heavy atom. The molecule has 0 unspecified atom stereocenters. The summed E-state index contributed by atoms with van der Waals surface area (Å²) in [5.74, 6) is -0.243. The van der Waals surface area contributed by atoms with E-state index in [-0.39, 0.29) is 30.9 Å². The van der Waals surface area contributed by atoms with Crippen LogP contribution in [0.5, 0.6) is 0 Å². The van der Waals surface area contributed by atoms with E-state index in [0.29, 0.717) is 0 Å². The fourth-order valence-corrected chi connectivity index (χ4v) is 0.509. The first-order chi connectivity index (χ1) is 5.09. The lowest BCUT2D eigenvalue weighted by atomic mass is 10.1. The van der Waals surface area contributed by atoms with Crippen LogP contribution in [0.4, 0.5) is 0 Å². The van der Waals surface area contributed by atoms with E-state index in [1.54, 1.807) is 0 Å². The predicted molar refractivity (Wildman–Crippen MR) is 51.2 cm³/mol. The summed E-state index contributed by atoms with van der Waals surface area (Å²) >= 11 is 0. The van der Waals surface area contributed by atoms with Crippen molar-refractivity contribution < 1.29 is 9.53 Å². The zero-order chi connectivity index (χ0) is 8.85. The maximum absolute atomic E-state index is 10.9. The van der Waals surface area contributed by atoms with Gasteiger partial charge >= 0.3 is 5.97 Å². The van der Waals surface area contributed by atoms with Crippen molar-refractivity contribution in [2.45, 2.75) is 19.9 Å². The lowest BCUT2D eigenvalue weighted by Crippen LogP contribution is -2.36. The number of ether oxygens (including phenoxy) is 1. The molecule has 3 nitrogen and oxygen atoms in total. The third-order valence-corrected chi connectivity index (χ3v) is 1.33. The Labute approximate surface area is 79.4 Å². The highest BCUT2D eigenvalue weighted by molar-refractivity contribution is 5.85. The Balaban J connectivity index is 0. The summed E-state index contributed by atoms with van der Waals surface area (Å²) in [4.78, 5) is 10.9. The molecule has 4 heteroatoms.